The molecular formula is C28H25ClF3N7O4. The van der Waals surface area contributed by atoms with Crippen molar-refractivity contribution in [2.75, 3.05) is 30.7 Å². The number of hydrogen-bond donors (Lipinski definition) is 3. The normalized spacial score (nSPS) is 18.3. The minimum absolute atomic E-state index is 0.128. The van der Waals surface area contributed by atoms with E-state index in [1.54, 1.807) is 21.4 Å². The zero-order chi connectivity index (χ0) is 30.5. The summed E-state index contributed by atoms with van der Waals surface area (Å²) in [4.78, 5) is 40.1. The highest BCUT2D eigenvalue weighted by atomic mass is 35.5. The molecule has 1 saturated heterocycles. The Morgan fingerprint density at radius 2 is 1.91 bits per heavy atom. The molecule has 0 bridgehead atoms. The first kappa shape index (κ1) is 28.8. The summed E-state index contributed by atoms with van der Waals surface area (Å²) in [5.74, 6) is -0.740. The number of amides is 2. The Balaban J connectivity index is 1.29. The number of rotatable bonds is 5. The molecule has 15 heteroatoms. The van der Waals surface area contributed by atoms with E-state index in [4.69, 9.17) is 27.1 Å². The highest BCUT2D eigenvalue weighted by molar-refractivity contribution is 6.30. The number of carbonyl (C=O) groups excluding carboxylic acids is 2. The second-order valence-corrected chi connectivity index (χ2v) is 10.8. The Kier molecular flexibility index (Phi) is 7.22. The van der Waals surface area contributed by atoms with Crippen molar-refractivity contribution in [2.24, 2.45) is 0 Å². The van der Waals surface area contributed by atoms with Crippen LogP contribution in [-0.4, -0.2) is 66.5 Å². The van der Waals surface area contributed by atoms with Gasteiger partial charge in [0.1, 0.15) is 45.5 Å². The van der Waals surface area contributed by atoms with Gasteiger partial charge in [-0.15, -0.1) is 0 Å². The van der Waals surface area contributed by atoms with Crippen LogP contribution in [-0.2, 0) is 15.7 Å². The molecule has 1 aliphatic carbocycles. The Labute approximate surface area is 247 Å². The van der Waals surface area contributed by atoms with Crippen LogP contribution in [0.2, 0.25) is 5.15 Å². The van der Waals surface area contributed by atoms with Crippen LogP contribution in [0.1, 0.15) is 47.1 Å². The summed E-state index contributed by atoms with van der Waals surface area (Å²) in [6.07, 6.45) is -1.30. The molecule has 4 N–H and O–H groups in total. The third-order valence-corrected chi connectivity index (χ3v) is 7.91. The number of nitrogens with two attached hydrogens (primary N) is 1. The Morgan fingerprint density at radius 1 is 1.16 bits per heavy atom. The lowest BCUT2D eigenvalue weighted by Gasteiger charge is -2.41. The lowest BCUT2D eigenvalue weighted by molar-refractivity contribution is -0.167. The summed E-state index contributed by atoms with van der Waals surface area (Å²) in [7, 11) is 0. The molecule has 0 radical (unpaired) electrons. The van der Waals surface area contributed by atoms with Gasteiger partial charge in [-0.2, -0.15) is 13.2 Å². The van der Waals surface area contributed by atoms with E-state index in [9.17, 15) is 27.9 Å². The second kappa shape index (κ2) is 10.8. The fraction of sp³-hybridized carbons (Fsp3) is 0.321. The van der Waals surface area contributed by atoms with Crippen molar-refractivity contribution in [3.63, 3.8) is 0 Å². The number of halogens is 4. The van der Waals surface area contributed by atoms with Gasteiger partial charge in [0, 0.05) is 23.9 Å². The summed E-state index contributed by atoms with van der Waals surface area (Å²) in [6, 6.07) is 7.72. The maximum Gasteiger partial charge on any atom is 0.416 e. The predicted molar refractivity (Wildman–Crippen MR) is 149 cm³/mol. The molecule has 6 rings (SSSR count). The quantitative estimate of drug-likeness (QED) is 0.304. The molecule has 2 amide bonds. The number of hydrogen-bond acceptors (Lipinski definition) is 8. The number of alkyl halides is 3. The molecule has 3 aromatic heterocycles. The molecule has 4 heterocycles. The molecule has 2 fully saturated rings. The van der Waals surface area contributed by atoms with Gasteiger partial charge in [0.2, 0.25) is 0 Å². The molecule has 1 aromatic carbocycles. The van der Waals surface area contributed by atoms with Gasteiger partial charge < -0.3 is 25.8 Å². The van der Waals surface area contributed by atoms with E-state index in [2.05, 4.69) is 15.3 Å². The minimum Gasteiger partial charge on any atom is -0.382 e. The lowest BCUT2D eigenvalue weighted by Crippen LogP contribution is -2.56. The van der Waals surface area contributed by atoms with Crippen molar-refractivity contribution in [1.82, 2.24) is 24.3 Å². The van der Waals surface area contributed by atoms with Crippen molar-refractivity contribution >= 4 is 40.6 Å². The van der Waals surface area contributed by atoms with E-state index >= 15 is 0 Å². The molecule has 2 aliphatic rings. The average molecular weight is 616 g/mol. The third kappa shape index (κ3) is 5.37. The lowest BCUT2D eigenvalue weighted by atomic mass is 9.79. The molecule has 11 nitrogen and oxygen atoms in total. The molecule has 224 valence electrons. The van der Waals surface area contributed by atoms with E-state index < -0.39 is 29.4 Å². The number of aliphatic hydroxyl groups is 1. The first-order valence-electron chi connectivity index (χ1n) is 13.4. The van der Waals surface area contributed by atoms with Crippen LogP contribution >= 0.6 is 11.6 Å². The van der Waals surface area contributed by atoms with Crippen LogP contribution < -0.4 is 11.1 Å². The number of anilines is 2. The predicted octanol–water partition coefficient (Wildman–Crippen LogP) is 4.11. The molecule has 1 saturated carbocycles. The number of nitrogens with one attached hydrogen (secondary N) is 1. The zero-order valence-corrected chi connectivity index (χ0v) is 23.2. The number of ether oxygens (including phenoxy) is 1. The van der Waals surface area contributed by atoms with Crippen LogP contribution in [0.25, 0.3) is 16.8 Å². The van der Waals surface area contributed by atoms with Crippen LogP contribution in [0.4, 0.5) is 24.8 Å². The molecule has 1 aliphatic heterocycles. The van der Waals surface area contributed by atoms with E-state index in [0.717, 1.165) is 24.8 Å². The van der Waals surface area contributed by atoms with Gasteiger partial charge in [-0.25, -0.2) is 15.0 Å². The second-order valence-electron chi connectivity index (χ2n) is 10.4. The number of fused-ring (bicyclic) bond motifs is 1. The fourth-order valence-electron chi connectivity index (χ4n) is 5.20. The number of nitrogen functional groups attached to an aromatic ring is 1. The largest absolute Gasteiger partial charge is 0.416 e. The maximum atomic E-state index is 13.0. The standard InChI is InChI=1S/C28H25ClF3N7O4/c29-19-13-35-23(33)22-21(37-24(39(19)22)18-14-38(10-11-43-18)26(41)27(42)7-1-8-27)15-2-4-16(5-3-15)25(40)36-20-12-17(6-9-34-20)28(30,31)32/h2-6,9,12-13,18,42H,1,7-8,10-11,14H2,(H2,33,35)(H,34,36,40)/t18-/m1/s1. The van der Waals surface area contributed by atoms with Crippen LogP contribution in [0.5, 0.6) is 0 Å². The Hall–Kier alpha value is -4.27. The number of imidazole rings is 1. The van der Waals surface area contributed by atoms with Gasteiger partial charge >= 0.3 is 6.18 Å². The summed E-state index contributed by atoms with van der Waals surface area (Å²) in [5.41, 5.74) is 5.44. The number of carbonyl (C=O) groups is 2. The molecule has 4 aromatic rings. The molecule has 0 spiro atoms. The first-order valence-corrected chi connectivity index (χ1v) is 13.7. The minimum atomic E-state index is -4.58. The monoisotopic (exact) mass is 615 g/mol. The van der Waals surface area contributed by atoms with Crippen molar-refractivity contribution < 1.29 is 32.6 Å². The summed E-state index contributed by atoms with van der Waals surface area (Å²) >= 11 is 6.54. The number of morpholine rings is 1. The molecule has 43 heavy (non-hydrogen) atoms. The number of pyridine rings is 1. The van der Waals surface area contributed by atoms with Gasteiger partial charge in [-0.1, -0.05) is 23.7 Å². The summed E-state index contributed by atoms with van der Waals surface area (Å²) in [6.45, 7) is 0.686. The highest BCUT2D eigenvalue weighted by Crippen LogP contribution is 2.37. The van der Waals surface area contributed by atoms with Crippen molar-refractivity contribution in [1.29, 1.82) is 0 Å². The maximum absolute atomic E-state index is 13.0. The van der Waals surface area contributed by atoms with Crippen LogP contribution in [0, 0.1) is 0 Å². The third-order valence-electron chi connectivity index (χ3n) is 7.64. The van der Waals surface area contributed by atoms with E-state index in [1.807, 2.05) is 0 Å². The summed E-state index contributed by atoms with van der Waals surface area (Å²) < 4.78 is 46.7. The van der Waals surface area contributed by atoms with Gasteiger partial charge in [0.05, 0.1) is 24.9 Å². The average Bonchev–Trinajstić information content (AvgIpc) is 3.39. The van der Waals surface area contributed by atoms with Crippen molar-refractivity contribution in [3.05, 3.63) is 70.9 Å². The van der Waals surface area contributed by atoms with Gasteiger partial charge in [-0.05, 0) is 43.5 Å². The van der Waals surface area contributed by atoms with E-state index in [0.29, 0.717) is 42.0 Å². The highest BCUT2D eigenvalue weighted by Gasteiger charge is 2.46. The molecule has 1 atom stereocenters. The summed E-state index contributed by atoms with van der Waals surface area (Å²) in [5, 5.41) is 13.2. The Bertz CT molecular complexity index is 1720. The fourth-order valence-corrected chi connectivity index (χ4v) is 5.42. The molecule has 0 unspecified atom stereocenters. The number of benzene rings is 1. The smallest absolute Gasteiger partial charge is 0.382 e. The first-order chi connectivity index (χ1) is 20.4. The van der Waals surface area contributed by atoms with Gasteiger partial charge in [-0.3, -0.25) is 14.0 Å². The van der Waals surface area contributed by atoms with Crippen LogP contribution in [0.15, 0.2) is 48.8 Å². The Morgan fingerprint density at radius 3 is 2.58 bits per heavy atom. The van der Waals surface area contributed by atoms with Gasteiger partial charge in [0.15, 0.2) is 0 Å². The van der Waals surface area contributed by atoms with Crippen molar-refractivity contribution in [3.8, 4) is 11.3 Å². The zero-order valence-electron chi connectivity index (χ0n) is 22.4. The number of nitrogens with zero attached hydrogens (tertiary/aromatic N) is 5. The number of aromatic nitrogens is 4. The topological polar surface area (TPSA) is 148 Å². The van der Waals surface area contributed by atoms with E-state index in [-0.39, 0.29) is 41.4 Å². The SMILES string of the molecule is Nc1ncc(Cl)n2c([C@H]3CN(C(=O)C4(O)CCC4)CCO3)nc(-c3ccc(C(=O)Nc4cc(C(F)(F)F)ccn4)cc3)c12. The van der Waals surface area contributed by atoms with Crippen molar-refractivity contribution in [2.45, 2.75) is 37.1 Å². The van der Waals surface area contributed by atoms with Gasteiger partial charge in [0.25, 0.3) is 11.8 Å². The molecular weight excluding hydrogens is 591 g/mol. The van der Waals surface area contributed by atoms with Crippen LogP contribution in [0.3, 0.4) is 0 Å². The van der Waals surface area contributed by atoms with E-state index in [1.165, 1.54) is 18.3 Å².